The molecule has 1 amide bonds. The van der Waals surface area contributed by atoms with Gasteiger partial charge in [-0.05, 0) is 83.0 Å². The molecular weight excluding hydrogens is 571 g/mol. The Hall–Kier alpha value is -4.82. The molecule has 6 rings (SSSR count). The second-order valence-electron chi connectivity index (χ2n) is 12.2. The van der Waals surface area contributed by atoms with E-state index in [1.54, 1.807) is 33.8 Å². The third-order valence-corrected chi connectivity index (χ3v) is 8.77. The molecule has 0 saturated carbocycles. The Labute approximate surface area is 261 Å². The molecule has 2 aliphatic rings. The third kappa shape index (κ3) is 6.24. The zero-order valence-electron chi connectivity index (χ0n) is 25.6. The quantitative estimate of drug-likeness (QED) is 0.199. The number of nitrogens with zero attached hydrogens (tertiary/aromatic N) is 7. The number of hydrogen-bond acceptors (Lipinski definition) is 8. The number of fused-ring (bicyclic) bond motifs is 1. The SMILES string of the molecule is CC(C)(/C=C(/C#N)C(=O)N1CCC[C@H]1Cn1nc(-c2ccc(Oc3ccccc3)cc2F)c2c(N)ncnc21)N1CCCCC1. The van der Waals surface area contributed by atoms with E-state index in [-0.39, 0.29) is 28.9 Å². The number of anilines is 1. The molecule has 0 bridgehead atoms. The summed E-state index contributed by atoms with van der Waals surface area (Å²) in [7, 11) is 0. The fraction of sp³-hybridized carbons (Fsp3) is 0.382. The van der Waals surface area contributed by atoms with E-state index in [9.17, 15) is 10.1 Å². The highest BCUT2D eigenvalue weighted by atomic mass is 19.1. The van der Waals surface area contributed by atoms with Gasteiger partial charge in [0.15, 0.2) is 5.65 Å². The number of para-hydroxylation sites is 1. The van der Waals surface area contributed by atoms with Gasteiger partial charge in [0.05, 0.1) is 18.0 Å². The van der Waals surface area contributed by atoms with E-state index in [4.69, 9.17) is 15.6 Å². The molecule has 11 heteroatoms. The second-order valence-corrected chi connectivity index (χ2v) is 12.2. The minimum absolute atomic E-state index is 0.148. The monoisotopic (exact) mass is 608 g/mol. The van der Waals surface area contributed by atoms with Crippen molar-refractivity contribution < 1.29 is 13.9 Å². The molecule has 0 spiro atoms. The molecule has 2 N–H and O–H groups in total. The number of rotatable bonds is 8. The molecular formula is C34H37FN8O2. The fourth-order valence-corrected chi connectivity index (χ4v) is 6.43. The average molecular weight is 609 g/mol. The van der Waals surface area contributed by atoms with E-state index in [1.165, 1.54) is 18.8 Å². The van der Waals surface area contributed by atoms with Crippen molar-refractivity contribution in [1.82, 2.24) is 29.5 Å². The van der Waals surface area contributed by atoms with E-state index < -0.39 is 11.4 Å². The predicted molar refractivity (Wildman–Crippen MR) is 170 cm³/mol. The van der Waals surface area contributed by atoms with Crippen LogP contribution < -0.4 is 10.5 Å². The lowest BCUT2D eigenvalue weighted by Gasteiger charge is -2.39. The summed E-state index contributed by atoms with van der Waals surface area (Å²) in [5.74, 6) is 0.309. The van der Waals surface area contributed by atoms with Crippen molar-refractivity contribution in [3.8, 4) is 28.8 Å². The topological polar surface area (TPSA) is 126 Å². The standard InChI is InChI=1S/C34H37FN8O2/c1-34(2,41-15-7-4-8-16-41)19-23(20-36)33(44)42-17-9-10-24(42)21-43-32-29(31(37)38-22-39-32)30(40-43)27-14-13-26(18-28(27)35)45-25-11-5-3-6-12-25/h3,5-6,11-14,18-19,22,24H,4,7-10,15-17,21H2,1-2H3,(H2,37,38,39)/b23-19-/t24-/m0/s1. The third-order valence-electron chi connectivity index (χ3n) is 8.77. The molecule has 0 unspecified atom stereocenters. The Bertz CT molecular complexity index is 1770. The van der Waals surface area contributed by atoms with E-state index in [0.29, 0.717) is 41.3 Å². The van der Waals surface area contributed by atoms with Crippen LogP contribution in [-0.4, -0.2) is 66.7 Å². The van der Waals surface area contributed by atoms with E-state index in [1.807, 2.05) is 24.3 Å². The van der Waals surface area contributed by atoms with Gasteiger partial charge >= 0.3 is 0 Å². The number of ether oxygens (including phenoxy) is 1. The van der Waals surface area contributed by atoms with Crippen molar-refractivity contribution in [3.63, 3.8) is 0 Å². The van der Waals surface area contributed by atoms with Gasteiger partial charge in [-0.2, -0.15) is 10.4 Å². The molecule has 2 fully saturated rings. The Balaban J connectivity index is 1.28. The molecule has 4 aromatic rings. The number of nitrogens with two attached hydrogens (primary N) is 1. The van der Waals surface area contributed by atoms with Gasteiger partial charge in [-0.15, -0.1) is 0 Å². The molecule has 2 saturated heterocycles. The maximum Gasteiger partial charge on any atom is 0.264 e. The van der Waals surface area contributed by atoms with Crippen LogP contribution in [0.25, 0.3) is 22.3 Å². The number of nitrogen functional groups attached to an aromatic ring is 1. The van der Waals surface area contributed by atoms with Crippen molar-refractivity contribution in [1.29, 1.82) is 5.26 Å². The summed E-state index contributed by atoms with van der Waals surface area (Å²) in [6.45, 7) is 6.87. The molecule has 2 aromatic carbocycles. The number of amides is 1. The van der Waals surface area contributed by atoms with Crippen LogP contribution >= 0.6 is 0 Å². The minimum atomic E-state index is -0.531. The lowest BCUT2D eigenvalue weighted by Crippen LogP contribution is -2.46. The lowest BCUT2D eigenvalue weighted by molar-refractivity contribution is -0.127. The van der Waals surface area contributed by atoms with Crippen molar-refractivity contribution in [3.05, 3.63) is 72.3 Å². The van der Waals surface area contributed by atoms with Gasteiger partial charge in [0, 0.05) is 23.7 Å². The average Bonchev–Trinajstić information content (AvgIpc) is 3.66. The van der Waals surface area contributed by atoms with Crippen molar-refractivity contribution in [2.75, 3.05) is 25.4 Å². The lowest BCUT2D eigenvalue weighted by atomic mass is 9.95. The van der Waals surface area contributed by atoms with Crippen LogP contribution in [0.2, 0.25) is 0 Å². The summed E-state index contributed by atoms with van der Waals surface area (Å²) < 4.78 is 23.0. The van der Waals surface area contributed by atoms with Gasteiger partial charge in [0.25, 0.3) is 5.91 Å². The predicted octanol–water partition coefficient (Wildman–Crippen LogP) is 5.71. The van der Waals surface area contributed by atoms with Gasteiger partial charge in [0.2, 0.25) is 0 Å². The van der Waals surface area contributed by atoms with Crippen LogP contribution in [0.15, 0.2) is 66.5 Å². The largest absolute Gasteiger partial charge is 0.457 e. The highest BCUT2D eigenvalue weighted by Crippen LogP contribution is 2.35. The molecule has 10 nitrogen and oxygen atoms in total. The Morgan fingerprint density at radius 1 is 1.09 bits per heavy atom. The second kappa shape index (κ2) is 12.7. The maximum atomic E-state index is 15.6. The number of carbonyl (C=O) groups excluding carboxylic acids is 1. The molecule has 1 atom stereocenters. The van der Waals surface area contributed by atoms with Crippen LogP contribution in [0.4, 0.5) is 10.2 Å². The fourth-order valence-electron chi connectivity index (χ4n) is 6.43. The maximum absolute atomic E-state index is 15.6. The van der Waals surface area contributed by atoms with Gasteiger partial charge in [-0.3, -0.25) is 9.69 Å². The number of halogens is 1. The Kier molecular flexibility index (Phi) is 8.50. The van der Waals surface area contributed by atoms with Gasteiger partial charge in [-0.25, -0.2) is 19.0 Å². The number of carbonyl (C=O) groups is 1. The summed E-state index contributed by atoms with van der Waals surface area (Å²) in [4.78, 5) is 26.5. The number of aromatic nitrogens is 4. The first kappa shape index (κ1) is 30.2. The summed E-state index contributed by atoms with van der Waals surface area (Å²) >= 11 is 0. The number of piperidine rings is 1. The zero-order valence-corrected chi connectivity index (χ0v) is 25.6. The molecule has 2 aromatic heterocycles. The number of benzene rings is 2. The smallest absolute Gasteiger partial charge is 0.264 e. The highest BCUT2D eigenvalue weighted by molar-refractivity contribution is 5.99. The summed E-state index contributed by atoms with van der Waals surface area (Å²) in [6, 6.07) is 15.7. The number of hydrogen-bond donors (Lipinski definition) is 1. The first-order valence-corrected chi connectivity index (χ1v) is 15.4. The van der Waals surface area contributed by atoms with Crippen molar-refractivity contribution in [2.45, 2.75) is 64.1 Å². The van der Waals surface area contributed by atoms with Crippen LogP contribution in [-0.2, 0) is 11.3 Å². The Morgan fingerprint density at radius 3 is 2.60 bits per heavy atom. The first-order valence-electron chi connectivity index (χ1n) is 15.4. The molecule has 0 aliphatic carbocycles. The first-order chi connectivity index (χ1) is 21.7. The normalized spacial score (nSPS) is 17.9. The van der Waals surface area contributed by atoms with Crippen molar-refractivity contribution >= 4 is 22.8 Å². The molecule has 0 radical (unpaired) electrons. The summed E-state index contributed by atoms with van der Waals surface area (Å²) in [6.07, 6.45) is 8.14. The zero-order chi connectivity index (χ0) is 31.6. The van der Waals surface area contributed by atoms with Gasteiger partial charge in [-0.1, -0.05) is 24.6 Å². The van der Waals surface area contributed by atoms with Crippen molar-refractivity contribution in [2.24, 2.45) is 0 Å². The number of likely N-dealkylation sites (tertiary alicyclic amines) is 2. The Morgan fingerprint density at radius 2 is 1.87 bits per heavy atom. The molecule has 4 heterocycles. The molecule has 2 aliphatic heterocycles. The summed E-state index contributed by atoms with van der Waals surface area (Å²) in [5.41, 5.74) is 7.01. The minimum Gasteiger partial charge on any atom is -0.457 e. The summed E-state index contributed by atoms with van der Waals surface area (Å²) in [5, 5.41) is 15.2. The van der Waals surface area contributed by atoms with E-state index in [0.717, 1.165) is 38.8 Å². The highest BCUT2D eigenvalue weighted by Gasteiger charge is 2.34. The van der Waals surface area contributed by atoms with Crippen LogP contribution in [0.3, 0.4) is 0 Å². The van der Waals surface area contributed by atoms with Gasteiger partial charge in [0.1, 0.15) is 46.8 Å². The van der Waals surface area contributed by atoms with E-state index in [2.05, 4.69) is 34.8 Å². The molecule has 232 valence electrons. The number of nitriles is 1. The van der Waals surface area contributed by atoms with Gasteiger partial charge < -0.3 is 15.4 Å². The van der Waals surface area contributed by atoms with Crippen LogP contribution in [0, 0.1) is 17.1 Å². The van der Waals surface area contributed by atoms with E-state index >= 15 is 4.39 Å². The molecule has 45 heavy (non-hydrogen) atoms. The van der Waals surface area contributed by atoms with Crippen LogP contribution in [0.1, 0.15) is 46.0 Å². The van der Waals surface area contributed by atoms with Crippen LogP contribution in [0.5, 0.6) is 11.5 Å².